The fourth-order valence-electron chi connectivity index (χ4n) is 3.23. The zero-order valence-electron chi connectivity index (χ0n) is 14.4. The van der Waals surface area contributed by atoms with E-state index in [1.54, 1.807) is 11.8 Å². The second-order valence-corrected chi connectivity index (χ2v) is 7.57. The second kappa shape index (κ2) is 9.07. The number of thioether (sulfide) groups is 1. The molecule has 2 aromatic rings. The van der Waals surface area contributed by atoms with Crippen LogP contribution in [-0.4, -0.2) is 34.8 Å². The Morgan fingerprint density at radius 2 is 1.56 bits per heavy atom. The highest BCUT2D eigenvalue weighted by Gasteiger charge is 2.32. The Balaban J connectivity index is 1.76. The summed E-state index contributed by atoms with van der Waals surface area (Å²) in [7, 11) is 0. The van der Waals surface area contributed by atoms with Gasteiger partial charge in [0.25, 0.3) is 0 Å². The van der Waals surface area contributed by atoms with Gasteiger partial charge < -0.3 is 10.0 Å². The van der Waals surface area contributed by atoms with Crippen molar-refractivity contribution in [3.63, 3.8) is 0 Å². The zero-order valence-corrected chi connectivity index (χ0v) is 15.2. The topological polar surface area (TPSA) is 40.5 Å². The van der Waals surface area contributed by atoms with E-state index in [-0.39, 0.29) is 5.91 Å². The van der Waals surface area contributed by atoms with Gasteiger partial charge in [0.15, 0.2) is 0 Å². The number of nitrogens with zero attached hydrogens (tertiary/aromatic N) is 1. The fourth-order valence-corrected chi connectivity index (χ4v) is 4.28. The number of amides is 1. The van der Waals surface area contributed by atoms with Gasteiger partial charge in [0, 0.05) is 23.7 Å². The summed E-state index contributed by atoms with van der Waals surface area (Å²) in [6.45, 7) is 1.62. The lowest BCUT2D eigenvalue weighted by Gasteiger charge is -2.32. The number of rotatable bonds is 6. The van der Waals surface area contributed by atoms with E-state index in [0.717, 1.165) is 36.4 Å². The Morgan fingerprint density at radius 1 is 0.960 bits per heavy atom. The molecule has 1 amide bonds. The van der Waals surface area contributed by atoms with Crippen LogP contribution in [0.5, 0.6) is 0 Å². The van der Waals surface area contributed by atoms with Crippen LogP contribution in [0.1, 0.15) is 30.9 Å². The molecule has 2 atom stereocenters. The van der Waals surface area contributed by atoms with E-state index in [2.05, 4.69) is 0 Å². The third-order valence-electron chi connectivity index (χ3n) is 4.68. The van der Waals surface area contributed by atoms with Crippen LogP contribution in [0.2, 0.25) is 0 Å². The van der Waals surface area contributed by atoms with E-state index in [9.17, 15) is 9.90 Å². The SMILES string of the molecule is O=C([C@H](CSc1ccccc1)[C@H](O)c1ccccc1)N1CCCCC1. The van der Waals surface area contributed by atoms with Crippen molar-refractivity contribution >= 4 is 17.7 Å². The second-order valence-electron chi connectivity index (χ2n) is 6.47. The Morgan fingerprint density at radius 3 is 2.20 bits per heavy atom. The molecule has 0 saturated carbocycles. The largest absolute Gasteiger partial charge is 0.388 e. The molecule has 0 spiro atoms. The molecule has 1 heterocycles. The average molecular weight is 356 g/mol. The molecule has 0 unspecified atom stereocenters. The van der Waals surface area contributed by atoms with Crippen molar-refractivity contribution in [2.45, 2.75) is 30.3 Å². The van der Waals surface area contributed by atoms with Gasteiger partial charge in [-0.1, -0.05) is 48.5 Å². The van der Waals surface area contributed by atoms with Gasteiger partial charge in [-0.3, -0.25) is 4.79 Å². The van der Waals surface area contributed by atoms with Gasteiger partial charge in [0.2, 0.25) is 5.91 Å². The molecule has 0 radical (unpaired) electrons. The van der Waals surface area contributed by atoms with E-state index in [4.69, 9.17) is 0 Å². The molecule has 4 heteroatoms. The lowest BCUT2D eigenvalue weighted by Crippen LogP contribution is -2.42. The van der Waals surface area contributed by atoms with E-state index in [1.807, 2.05) is 65.6 Å². The number of hydrogen-bond acceptors (Lipinski definition) is 3. The highest BCUT2D eigenvalue weighted by molar-refractivity contribution is 7.99. The van der Waals surface area contributed by atoms with Crippen molar-refractivity contribution < 1.29 is 9.90 Å². The minimum Gasteiger partial charge on any atom is -0.388 e. The Kier molecular flexibility index (Phi) is 6.54. The number of piperidine rings is 1. The predicted molar refractivity (Wildman–Crippen MR) is 102 cm³/mol. The van der Waals surface area contributed by atoms with Gasteiger partial charge in [-0.2, -0.15) is 0 Å². The van der Waals surface area contributed by atoms with Crippen LogP contribution in [0.15, 0.2) is 65.6 Å². The van der Waals surface area contributed by atoms with E-state index in [0.29, 0.717) is 5.75 Å². The van der Waals surface area contributed by atoms with Crippen LogP contribution in [0.25, 0.3) is 0 Å². The molecular formula is C21H25NO2S. The van der Waals surface area contributed by atoms with Crippen LogP contribution >= 0.6 is 11.8 Å². The van der Waals surface area contributed by atoms with Crippen molar-refractivity contribution in [1.29, 1.82) is 0 Å². The lowest BCUT2D eigenvalue weighted by atomic mass is 9.95. The quantitative estimate of drug-likeness (QED) is 0.792. The molecule has 132 valence electrons. The minimum atomic E-state index is -0.771. The van der Waals surface area contributed by atoms with Gasteiger partial charge in [-0.05, 0) is 37.0 Å². The molecule has 2 aromatic carbocycles. The molecule has 3 rings (SSSR count). The van der Waals surface area contributed by atoms with Crippen LogP contribution in [-0.2, 0) is 4.79 Å². The normalized spacial score (nSPS) is 17.1. The van der Waals surface area contributed by atoms with E-state index in [1.165, 1.54) is 6.42 Å². The van der Waals surface area contributed by atoms with Crippen LogP contribution < -0.4 is 0 Å². The number of likely N-dealkylation sites (tertiary alicyclic amines) is 1. The monoisotopic (exact) mass is 355 g/mol. The molecule has 1 aliphatic heterocycles. The number of carbonyl (C=O) groups excluding carboxylic acids is 1. The molecule has 3 nitrogen and oxygen atoms in total. The third-order valence-corrected chi connectivity index (χ3v) is 5.81. The summed E-state index contributed by atoms with van der Waals surface area (Å²) in [5.74, 6) is 0.236. The van der Waals surface area contributed by atoms with Gasteiger partial charge in [0.05, 0.1) is 12.0 Å². The maximum Gasteiger partial charge on any atom is 0.229 e. The predicted octanol–water partition coefficient (Wildman–Crippen LogP) is 4.14. The van der Waals surface area contributed by atoms with Crippen molar-refractivity contribution in [1.82, 2.24) is 4.90 Å². The molecular weight excluding hydrogens is 330 g/mol. The molecule has 0 aromatic heterocycles. The van der Waals surface area contributed by atoms with Crippen LogP contribution in [0.4, 0.5) is 0 Å². The smallest absolute Gasteiger partial charge is 0.229 e. The number of aliphatic hydroxyl groups is 1. The molecule has 1 fully saturated rings. The molecule has 0 bridgehead atoms. The molecule has 1 aliphatic rings. The lowest BCUT2D eigenvalue weighted by molar-refractivity contribution is -0.139. The minimum absolute atomic E-state index is 0.0829. The first kappa shape index (κ1) is 18.0. The van der Waals surface area contributed by atoms with Crippen LogP contribution in [0, 0.1) is 5.92 Å². The molecule has 25 heavy (non-hydrogen) atoms. The summed E-state index contributed by atoms with van der Waals surface area (Å²) >= 11 is 1.64. The molecule has 1 saturated heterocycles. The van der Waals surface area contributed by atoms with E-state index >= 15 is 0 Å². The van der Waals surface area contributed by atoms with Crippen molar-refractivity contribution in [3.8, 4) is 0 Å². The Labute approximate surface area is 154 Å². The average Bonchev–Trinajstić information content (AvgIpc) is 2.70. The Hall–Kier alpha value is -1.78. The summed E-state index contributed by atoms with van der Waals surface area (Å²) in [6, 6.07) is 19.6. The van der Waals surface area contributed by atoms with Crippen molar-refractivity contribution in [2.24, 2.45) is 5.92 Å². The zero-order chi connectivity index (χ0) is 17.5. The summed E-state index contributed by atoms with van der Waals surface area (Å²) in [4.78, 5) is 16.1. The number of carbonyl (C=O) groups is 1. The first-order valence-corrected chi connectivity index (χ1v) is 9.94. The number of benzene rings is 2. The number of hydrogen-bond donors (Lipinski definition) is 1. The van der Waals surface area contributed by atoms with Gasteiger partial charge >= 0.3 is 0 Å². The van der Waals surface area contributed by atoms with Crippen LogP contribution in [0.3, 0.4) is 0 Å². The van der Waals surface area contributed by atoms with Gasteiger partial charge in [-0.15, -0.1) is 11.8 Å². The van der Waals surface area contributed by atoms with Gasteiger partial charge in [-0.25, -0.2) is 0 Å². The summed E-state index contributed by atoms with van der Waals surface area (Å²) in [5, 5.41) is 10.9. The maximum absolute atomic E-state index is 13.1. The summed E-state index contributed by atoms with van der Waals surface area (Å²) < 4.78 is 0. The Bertz CT molecular complexity index is 656. The maximum atomic E-state index is 13.1. The standard InChI is InChI=1S/C21H25NO2S/c23-20(17-10-4-1-5-11-17)19(16-25-18-12-6-2-7-13-18)21(24)22-14-8-3-9-15-22/h1-2,4-7,10-13,19-20,23H,3,8-9,14-16H2/t19-,20-/m1/s1. The van der Waals surface area contributed by atoms with Gasteiger partial charge in [0.1, 0.15) is 0 Å². The molecule has 0 aliphatic carbocycles. The fraction of sp³-hybridized carbons (Fsp3) is 0.381. The first-order valence-electron chi connectivity index (χ1n) is 8.95. The van der Waals surface area contributed by atoms with E-state index < -0.39 is 12.0 Å². The first-order chi connectivity index (χ1) is 12.3. The summed E-state index contributed by atoms with van der Waals surface area (Å²) in [6.07, 6.45) is 2.54. The number of aliphatic hydroxyl groups excluding tert-OH is 1. The molecule has 1 N–H and O–H groups in total. The van der Waals surface area contributed by atoms with Crippen molar-refractivity contribution in [3.05, 3.63) is 66.2 Å². The highest BCUT2D eigenvalue weighted by atomic mass is 32.2. The van der Waals surface area contributed by atoms with Crippen molar-refractivity contribution in [2.75, 3.05) is 18.8 Å². The summed E-state index contributed by atoms with van der Waals surface area (Å²) in [5.41, 5.74) is 0.812. The highest BCUT2D eigenvalue weighted by Crippen LogP contribution is 2.30. The third kappa shape index (κ3) is 4.86.